The fourth-order valence-electron chi connectivity index (χ4n) is 1.36. The van der Waals surface area contributed by atoms with Crippen LogP contribution in [-0.2, 0) is 0 Å². The van der Waals surface area contributed by atoms with Gasteiger partial charge in [-0.1, -0.05) is 38.3 Å². The van der Waals surface area contributed by atoms with E-state index in [1.807, 2.05) is 6.07 Å². The van der Waals surface area contributed by atoms with Gasteiger partial charge in [0, 0.05) is 17.2 Å². The molecular formula is C11H16BrClN2. The molecule has 1 N–H and O–H groups in total. The van der Waals surface area contributed by atoms with E-state index in [1.54, 1.807) is 6.20 Å². The Labute approximate surface area is 105 Å². The molecule has 0 amide bonds. The molecule has 0 aliphatic carbocycles. The molecule has 0 fully saturated rings. The summed E-state index contributed by atoms with van der Waals surface area (Å²) in [6.45, 7) is 5.33. The van der Waals surface area contributed by atoms with Gasteiger partial charge in [-0.3, -0.25) is 0 Å². The van der Waals surface area contributed by atoms with Crippen molar-refractivity contribution in [2.24, 2.45) is 5.92 Å². The topological polar surface area (TPSA) is 24.9 Å². The zero-order valence-electron chi connectivity index (χ0n) is 9.06. The van der Waals surface area contributed by atoms with Crippen LogP contribution in [0.25, 0.3) is 0 Å². The fraction of sp³-hybridized carbons (Fsp3) is 0.545. The van der Waals surface area contributed by atoms with Crippen LogP contribution in [0.3, 0.4) is 0 Å². The number of rotatable bonds is 5. The Kier molecular flexibility index (Phi) is 5.40. The zero-order chi connectivity index (χ0) is 11.3. The highest BCUT2D eigenvalue weighted by Crippen LogP contribution is 2.23. The van der Waals surface area contributed by atoms with Crippen LogP contribution in [0.2, 0.25) is 5.02 Å². The predicted molar refractivity (Wildman–Crippen MR) is 69.5 cm³/mol. The Morgan fingerprint density at radius 1 is 1.47 bits per heavy atom. The van der Waals surface area contributed by atoms with Crippen molar-refractivity contribution >= 4 is 33.3 Å². The third-order valence-corrected chi connectivity index (χ3v) is 3.24. The maximum Gasteiger partial charge on any atom is 0.144 e. The van der Waals surface area contributed by atoms with E-state index in [9.17, 15) is 0 Å². The molecule has 1 aromatic heterocycles. The van der Waals surface area contributed by atoms with Gasteiger partial charge in [-0.25, -0.2) is 4.98 Å². The molecular weight excluding hydrogens is 275 g/mol. The SMILES string of the molecule is CCC(CC)CNc1ncc(Br)cc1Cl. The average molecular weight is 292 g/mol. The van der Waals surface area contributed by atoms with Gasteiger partial charge in [0.15, 0.2) is 0 Å². The summed E-state index contributed by atoms with van der Waals surface area (Å²) < 4.78 is 0.903. The summed E-state index contributed by atoms with van der Waals surface area (Å²) >= 11 is 9.37. The Bertz CT molecular complexity index is 313. The quantitative estimate of drug-likeness (QED) is 0.872. The van der Waals surface area contributed by atoms with Gasteiger partial charge in [-0.05, 0) is 27.9 Å². The molecule has 0 unspecified atom stereocenters. The smallest absolute Gasteiger partial charge is 0.144 e. The zero-order valence-corrected chi connectivity index (χ0v) is 11.4. The number of hydrogen-bond acceptors (Lipinski definition) is 2. The Hall–Kier alpha value is -0.280. The number of nitrogens with zero attached hydrogens (tertiary/aromatic N) is 1. The molecule has 4 heteroatoms. The van der Waals surface area contributed by atoms with Gasteiger partial charge in [-0.15, -0.1) is 0 Å². The largest absolute Gasteiger partial charge is 0.369 e. The van der Waals surface area contributed by atoms with Gasteiger partial charge >= 0.3 is 0 Å². The summed E-state index contributed by atoms with van der Waals surface area (Å²) in [5.41, 5.74) is 0. The lowest BCUT2D eigenvalue weighted by Gasteiger charge is -2.14. The number of hydrogen-bond donors (Lipinski definition) is 1. The number of halogens is 2. The van der Waals surface area contributed by atoms with E-state index in [2.05, 4.69) is 40.1 Å². The molecule has 0 aliphatic heterocycles. The van der Waals surface area contributed by atoms with Crippen molar-refractivity contribution in [1.82, 2.24) is 4.98 Å². The summed E-state index contributed by atoms with van der Waals surface area (Å²) in [5, 5.41) is 3.94. The van der Waals surface area contributed by atoms with Crippen LogP contribution in [0, 0.1) is 5.92 Å². The summed E-state index contributed by atoms with van der Waals surface area (Å²) in [7, 11) is 0. The minimum atomic E-state index is 0.662. The van der Waals surface area contributed by atoms with Crippen molar-refractivity contribution in [3.05, 3.63) is 21.8 Å². The lowest BCUT2D eigenvalue weighted by atomic mass is 10.0. The van der Waals surface area contributed by atoms with Crippen LogP contribution in [-0.4, -0.2) is 11.5 Å². The van der Waals surface area contributed by atoms with Crippen LogP contribution >= 0.6 is 27.5 Å². The molecule has 15 heavy (non-hydrogen) atoms. The Morgan fingerprint density at radius 3 is 2.67 bits per heavy atom. The van der Waals surface area contributed by atoms with Crippen LogP contribution in [0.15, 0.2) is 16.7 Å². The third-order valence-electron chi connectivity index (χ3n) is 2.52. The van der Waals surface area contributed by atoms with E-state index in [0.29, 0.717) is 10.9 Å². The molecule has 0 bridgehead atoms. The second-order valence-corrected chi connectivity index (χ2v) is 4.87. The molecule has 2 nitrogen and oxygen atoms in total. The lowest BCUT2D eigenvalue weighted by molar-refractivity contribution is 0.518. The Balaban J connectivity index is 2.57. The van der Waals surface area contributed by atoms with E-state index < -0.39 is 0 Å². The molecule has 1 rings (SSSR count). The molecule has 84 valence electrons. The van der Waals surface area contributed by atoms with Crippen molar-refractivity contribution in [2.75, 3.05) is 11.9 Å². The van der Waals surface area contributed by atoms with E-state index >= 15 is 0 Å². The number of pyridine rings is 1. The van der Waals surface area contributed by atoms with Gasteiger partial charge < -0.3 is 5.32 Å². The van der Waals surface area contributed by atoms with Crippen molar-refractivity contribution in [2.45, 2.75) is 26.7 Å². The molecule has 1 aromatic rings. The first-order chi connectivity index (χ1) is 7.17. The summed E-state index contributed by atoms with van der Waals surface area (Å²) in [4.78, 5) is 4.23. The number of anilines is 1. The predicted octanol–water partition coefficient (Wildman–Crippen LogP) is 4.35. The van der Waals surface area contributed by atoms with Crippen LogP contribution in [0.4, 0.5) is 5.82 Å². The minimum Gasteiger partial charge on any atom is -0.369 e. The van der Waals surface area contributed by atoms with E-state index in [0.717, 1.165) is 16.8 Å². The van der Waals surface area contributed by atoms with E-state index in [-0.39, 0.29) is 0 Å². The van der Waals surface area contributed by atoms with Crippen molar-refractivity contribution in [1.29, 1.82) is 0 Å². The van der Waals surface area contributed by atoms with Gasteiger partial charge in [0.1, 0.15) is 5.82 Å². The second kappa shape index (κ2) is 6.33. The van der Waals surface area contributed by atoms with Crippen LogP contribution in [0.5, 0.6) is 0 Å². The third kappa shape index (κ3) is 3.99. The van der Waals surface area contributed by atoms with E-state index in [1.165, 1.54) is 12.8 Å². The van der Waals surface area contributed by atoms with Gasteiger partial charge in [0.25, 0.3) is 0 Å². The normalized spacial score (nSPS) is 10.7. The highest BCUT2D eigenvalue weighted by molar-refractivity contribution is 9.10. The van der Waals surface area contributed by atoms with Crippen molar-refractivity contribution < 1.29 is 0 Å². The summed E-state index contributed by atoms with van der Waals surface area (Å²) in [5.74, 6) is 1.46. The Morgan fingerprint density at radius 2 is 2.13 bits per heavy atom. The van der Waals surface area contributed by atoms with Crippen molar-refractivity contribution in [3.63, 3.8) is 0 Å². The highest BCUT2D eigenvalue weighted by atomic mass is 79.9. The molecule has 0 saturated heterocycles. The van der Waals surface area contributed by atoms with Gasteiger partial charge in [0.2, 0.25) is 0 Å². The second-order valence-electron chi connectivity index (χ2n) is 3.55. The maximum absolute atomic E-state index is 6.04. The maximum atomic E-state index is 6.04. The fourth-order valence-corrected chi connectivity index (χ4v) is 2.06. The van der Waals surface area contributed by atoms with E-state index in [4.69, 9.17) is 11.6 Å². The van der Waals surface area contributed by atoms with Crippen molar-refractivity contribution in [3.8, 4) is 0 Å². The summed E-state index contributed by atoms with van der Waals surface area (Å²) in [6, 6.07) is 1.85. The van der Waals surface area contributed by atoms with Crippen LogP contribution < -0.4 is 5.32 Å². The number of aromatic nitrogens is 1. The molecule has 0 aliphatic rings. The standard InChI is InChI=1S/C11H16BrClN2/c1-3-8(4-2)6-14-11-10(13)5-9(12)7-15-11/h5,7-8H,3-4,6H2,1-2H3,(H,14,15). The monoisotopic (exact) mass is 290 g/mol. The molecule has 0 spiro atoms. The van der Waals surface area contributed by atoms with Crippen LogP contribution in [0.1, 0.15) is 26.7 Å². The first-order valence-electron chi connectivity index (χ1n) is 5.22. The molecule has 0 radical (unpaired) electrons. The lowest BCUT2D eigenvalue weighted by Crippen LogP contribution is -2.13. The number of nitrogens with one attached hydrogen (secondary N) is 1. The molecule has 0 atom stereocenters. The summed E-state index contributed by atoms with van der Waals surface area (Å²) in [6.07, 6.45) is 4.11. The first-order valence-corrected chi connectivity index (χ1v) is 6.39. The first kappa shape index (κ1) is 12.8. The highest BCUT2D eigenvalue weighted by Gasteiger charge is 2.06. The molecule has 0 saturated carbocycles. The van der Waals surface area contributed by atoms with Gasteiger partial charge in [-0.2, -0.15) is 0 Å². The average Bonchev–Trinajstić information content (AvgIpc) is 2.22. The molecule has 0 aromatic carbocycles. The minimum absolute atomic E-state index is 0.662. The van der Waals surface area contributed by atoms with Gasteiger partial charge in [0.05, 0.1) is 5.02 Å². The molecule has 1 heterocycles.